The third-order valence-electron chi connectivity index (χ3n) is 3.19. The van der Waals surface area contributed by atoms with E-state index in [1.54, 1.807) is 30.1 Å². The Balaban J connectivity index is 2.33. The van der Waals surface area contributed by atoms with E-state index in [1.165, 1.54) is 0 Å². The van der Waals surface area contributed by atoms with Gasteiger partial charge in [0.15, 0.2) is 0 Å². The van der Waals surface area contributed by atoms with E-state index in [-0.39, 0.29) is 12.5 Å². The molecule has 3 heteroatoms. The fourth-order valence-corrected chi connectivity index (χ4v) is 1.98. The predicted octanol–water partition coefficient (Wildman–Crippen LogP) is 2.62. The first kappa shape index (κ1) is 14.8. The maximum absolute atomic E-state index is 12.6. The second kappa shape index (κ2) is 6.74. The molecule has 0 aromatic heterocycles. The minimum atomic E-state index is -0.226. The lowest BCUT2D eigenvalue weighted by molar-refractivity contribution is 0.0993. The molecular weight excluding hydrogens is 262 g/mol. The SMILES string of the molecule is Cc1ccc(N(C)C(=O)c2ccccc2C#CCO)cc1. The number of anilines is 1. The molecule has 0 saturated carbocycles. The highest BCUT2D eigenvalue weighted by Gasteiger charge is 2.15. The maximum atomic E-state index is 12.6. The van der Waals surface area contributed by atoms with Crippen LogP contribution in [0.1, 0.15) is 21.5 Å². The van der Waals surface area contributed by atoms with Crippen molar-refractivity contribution in [3.05, 3.63) is 65.2 Å². The summed E-state index contributed by atoms with van der Waals surface area (Å²) < 4.78 is 0. The van der Waals surface area contributed by atoms with Crippen LogP contribution in [0.15, 0.2) is 48.5 Å². The number of rotatable bonds is 2. The Morgan fingerprint density at radius 3 is 2.48 bits per heavy atom. The fraction of sp³-hybridized carbons (Fsp3) is 0.167. The van der Waals surface area contributed by atoms with E-state index in [0.29, 0.717) is 11.1 Å². The Labute approximate surface area is 124 Å². The predicted molar refractivity (Wildman–Crippen MR) is 84.3 cm³/mol. The average Bonchev–Trinajstić information content (AvgIpc) is 2.52. The Morgan fingerprint density at radius 2 is 1.81 bits per heavy atom. The van der Waals surface area contributed by atoms with Crippen molar-refractivity contribution in [3.63, 3.8) is 0 Å². The third-order valence-corrected chi connectivity index (χ3v) is 3.19. The van der Waals surface area contributed by atoms with E-state index in [9.17, 15) is 4.79 Å². The second-order valence-corrected chi connectivity index (χ2v) is 4.71. The summed E-state index contributed by atoms with van der Waals surface area (Å²) in [6.07, 6.45) is 0. The fourth-order valence-electron chi connectivity index (χ4n) is 1.98. The minimum absolute atomic E-state index is 0.123. The van der Waals surface area contributed by atoms with Crippen LogP contribution in [-0.4, -0.2) is 24.7 Å². The summed E-state index contributed by atoms with van der Waals surface area (Å²) >= 11 is 0. The Kier molecular flexibility index (Phi) is 4.76. The molecule has 1 amide bonds. The number of aryl methyl sites for hydroxylation is 1. The molecule has 0 fully saturated rings. The van der Waals surface area contributed by atoms with Gasteiger partial charge in [-0.05, 0) is 31.2 Å². The summed E-state index contributed by atoms with van der Waals surface area (Å²) in [5.74, 6) is 5.27. The van der Waals surface area contributed by atoms with Crippen LogP contribution in [0.4, 0.5) is 5.69 Å². The quantitative estimate of drug-likeness (QED) is 0.858. The van der Waals surface area contributed by atoms with Gasteiger partial charge in [-0.2, -0.15) is 0 Å². The monoisotopic (exact) mass is 279 g/mol. The summed E-state index contributed by atoms with van der Waals surface area (Å²) in [6, 6.07) is 14.9. The van der Waals surface area contributed by atoms with Crippen LogP contribution >= 0.6 is 0 Å². The van der Waals surface area contributed by atoms with Crippen molar-refractivity contribution < 1.29 is 9.90 Å². The van der Waals surface area contributed by atoms with Crippen molar-refractivity contribution >= 4 is 11.6 Å². The molecule has 106 valence electrons. The van der Waals surface area contributed by atoms with Gasteiger partial charge >= 0.3 is 0 Å². The van der Waals surface area contributed by atoms with Crippen LogP contribution in [0.25, 0.3) is 0 Å². The zero-order valence-corrected chi connectivity index (χ0v) is 12.1. The lowest BCUT2D eigenvalue weighted by Crippen LogP contribution is -2.26. The van der Waals surface area contributed by atoms with Gasteiger partial charge in [0, 0.05) is 18.3 Å². The zero-order valence-electron chi connectivity index (χ0n) is 12.1. The van der Waals surface area contributed by atoms with E-state index in [2.05, 4.69) is 11.8 Å². The molecule has 2 rings (SSSR count). The number of aliphatic hydroxyl groups excluding tert-OH is 1. The molecule has 0 atom stereocenters. The van der Waals surface area contributed by atoms with Crippen molar-refractivity contribution in [2.45, 2.75) is 6.92 Å². The molecule has 0 aliphatic carbocycles. The highest BCUT2D eigenvalue weighted by atomic mass is 16.2. The van der Waals surface area contributed by atoms with Gasteiger partial charge in [-0.3, -0.25) is 4.79 Å². The average molecular weight is 279 g/mol. The molecule has 3 nitrogen and oxygen atoms in total. The summed E-state index contributed by atoms with van der Waals surface area (Å²) in [5.41, 5.74) is 3.13. The molecule has 0 aliphatic heterocycles. The van der Waals surface area contributed by atoms with E-state index in [4.69, 9.17) is 5.11 Å². The molecule has 0 saturated heterocycles. The molecule has 0 radical (unpaired) electrons. The van der Waals surface area contributed by atoms with Crippen molar-refractivity contribution in [1.82, 2.24) is 0 Å². The summed E-state index contributed by atoms with van der Waals surface area (Å²) in [7, 11) is 1.74. The molecule has 2 aromatic rings. The molecule has 0 spiro atoms. The highest BCUT2D eigenvalue weighted by Crippen LogP contribution is 2.18. The number of hydrogen-bond acceptors (Lipinski definition) is 2. The van der Waals surface area contributed by atoms with Gasteiger partial charge in [0.2, 0.25) is 0 Å². The van der Waals surface area contributed by atoms with Crippen molar-refractivity contribution in [2.24, 2.45) is 0 Å². The molecule has 0 unspecified atom stereocenters. The van der Waals surface area contributed by atoms with Crippen LogP contribution in [0, 0.1) is 18.8 Å². The lowest BCUT2D eigenvalue weighted by Gasteiger charge is -2.18. The number of amides is 1. The molecule has 0 bridgehead atoms. The largest absolute Gasteiger partial charge is 0.384 e. The molecule has 1 N–H and O–H groups in total. The Morgan fingerprint density at radius 1 is 1.14 bits per heavy atom. The number of benzene rings is 2. The number of carbonyl (C=O) groups excluding carboxylic acids is 1. The summed E-state index contributed by atoms with van der Waals surface area (Å²) in [5, 5.41) is 8.80. The van der Waals surface area contributed by atoms with Gasteiger partial charge in [0.25, 0.3) is 5.91 Å². The second-order valence-electron chi connectivity index (χ2n) is 4.71. The number of aliphatic hydroxyl groups is 1. The van der Waals surface area contributed by atoms with Gasteiger partial charge in [0.1, 0.15) is 6.61 Å². The van der Waals surface area contributed by atoms with Crippen molar-refractivity contribution in [1.29, 1.82) is 0 Å². The van der Waals surface area contributed by atoms with Crippen LogP contribution in [0.2, 0.25) is 0 Å². The molecule has 2 aromatic carbocycles. The third kappa shape index (κ3) is 3.50. The molecular formula is C18H17NO2. The van der Waals surface area contributed by atoms with Crippen LogP contribution < -0.4 is 4.90 Å². The van der Waals surface area contributed by atoms with Gasteiger partial charge < -0.3 is 10.0 Å². The first-order chi connectivity index (χ1) is 10.1. The minimum Gasteiger partial charge on any atom is -0.384 e. The number of nitrogens with zero attached hydrogens (tertiary/aromatic N) is 1. The van der Waals surface area contributed by atoms with Crippen LogP contribution in [0.3, 0.4) is 0 Å². The van der Waals surface area contributed by atoms with Gasteiger partial charge in [0.05, 0.1) is 5.56 Å². The van der Waals surface area contributed by atoms with E-state index >= 15 is 0 Å². The van der Waals surface area contributed by atoms with Crippen LogP contribution in [-0.2, 0) is 0 Å². The lowest BCUT2D eigenvalue weighted by atomic mass is 10.1. The number of carbonyl (C=O) groups is 1. The van der Waals surface area contributed by atoms with E-state index < -0.39 is 0 Å². The highest BCUT2D eigenvalue weighted by molar-refractivity contribution is 6.07. The molecule has 0 heterocycles. The Bertz CT molecular complexity index is 693. The maximum Gasteiger partial charge on any atom is 0.259 e. The molecule has 21 heavy (non-hydrogen) atoms. The van der Waals surface area contributed by atoms with Gasteiger partial charge in [-0.15, -0.1) is 0 Å². The first-order valence-electron chi connectivity index (χ1n) is 6.67. The molecule has 0 aliphatic rings. The Hall–Kier alpha value is -2.57. The van der Waals surface area contributed by atoms with Crippen molar-refractivity contribution in [2.75, 3.05) is 18.6 Å². The van der Waals surface area contributed by atoms with Gasteiger partial charge in [-0.1, -0.05) is 41.7 Å². The summed E-state index contributed by atoms with van der Waals surface area (Å²) in [4.78, 5) is 14.2. The smallest absolute Gasteiger partial charge is 0.259 e. The van der Waals surface area contributed by atoms with Gasteiger partial charge in [-0.25, -0.2) is 0 Å². The van der Waals surface area contributed by atoms with E-state index in [0.717, 1.165) is 11.3 Å². The normalized spacial score (nSPS) is 9.67. The van der Waals surface area contributed by atoms with Crippen molar-refractivity contribution in [3.8, 4) is 11.8 Å². The van der Waals surface area contributed by atoms with E-state index in [1.807, 2.05) is 37.3 Å². The summed E-state index contributed by atoms with van der Waals surface area (Å²) in [6.45, 7) is 1.78. The van der Waals surface area contributed by atoms with Crippen LogP contribution in [0.5, 0.6) is 0 Å². The standard InChI is InChI=1S/C18H17NO2/c1-14-9-11-16(12-10-14)19(2)18(21)17-8-4-3-6-15(17)7-5-13-20/h3-4,6,8-12,20H,13H2,1-2H3. The zero-order chi connectivity index (χ0) is 15.2. The number of hydrogen-bond donors (Lipinski definition) is 1. The first-order valence-corrected chi connectivity index (χ1v) is 6.67. The topological polar surface area (TPSA) is 40.5 Å².